The number of rotatable bonds is 5. The molecule has 2 aromatic rings. The van der Waals surface area contributed by atoms with E-state index in [1.165, 1.54) is 5.56 Å². The number of hydrogen-bond acceptors (Lipinski definition) is 3. The number of imidazole rings is 1. The van der Waals surface area contributed by atoms with Gasteiger partial charge in [-0.3, -0.25) is 0 Å². The molecule has 0 atom stereocenters. The molecule has 2 N–H and O–H groups in total. The Kier molecular flexibility index (Phi) is 4.22. The molecule has 0 bridgehead atoms. The normalized spacial score (nSPS) is 11.0. The molecule has 2 rings (SSSR count). The van der Waals surface area contributed by atoms with Crippen LogP contribution in [0.5, 0.6) is 5.75 Å². The monoisotopic (exact) mass is 259 g/mol. The predicted octanol–water partition coefficient (Wildman–Crippen LogP) is 2.64. The highest BCUT2D eigenvalue weighted by molar-refractivity contribution is 5.67. The largest absolute Gasteiger partial charge is 0.496 e. The van der Waals surface area contributed by atoms with E-state index in [0.29, 0.717) is 12.5 Å². The molecule has 0 saturated carbocycles. The van der Waals surface area contributed by atoms with Gasteiger partial charge in [0.2, 0.25) is 0 Å². The zero-order chi connectivity index (χ0) is 13.8. The third-order valence-corrected chi connectivity index (χ3v) is 3.19. The molecule has 0 aliphatic rings. The zero-order valence-corrected chi connectivity index (χ0v) is 11.8. The highest BCUT2D eigenvalue weighted by atomic mass is 16.5. The van der Waals surface area contributed by atoms with Crippen LogP contribution in [0.1, 0.15) is 25.3 Å². The van der Waals surface area contributed by atoms with E-state index in [4.69, 9.17) is 10.5 Å². The van der Waals surface area contributed by atoms with Gasteiger partial charge in [0, 0.05) is 24.8 Å². The Morgan fingerprint density at radius 3 is 2.79 bits per heavy atom. The molecule has 0 aliphatic heterocycles. The molecule has 0 unspecified atom stereocenters. The quantitative estimate of drug-likeness (QED) is 0.898. The highest BCUT2D eigenvalue weighted by Crippen LogP contribution is 2.31. The van der Waals surface area contributed by atoms with Gasteiger partial charge < -0.3 is 15.0 Å². The number of nitrogens with two attached hydrogens (primary N) is 1. The van der Waals surface area contributed by atoms with Crippen molar-refractivity contribution in [1.29, 1.82) is 0 Å². The minimum absolute atomic E-state index is 0.484. The van der Waals surface area contributed by atoms with Crippen molar-refractivity contribution in [2.75, 3.05) is 13.7 Å². The minimum Gasteiger partial charge on any atom is -0.496 e. The maximum atomic E-state index is 5.54. The molecular formula is C15H21N3O. The standard InChI is InChI=1S/C15H21N3O/c1-11(2)12-4-5-13(15(8-12)19-3)14-9-18(7-6-16)10-17-14/h4-5,8-11H,6-7,16H2,1-3H3. The van der Waals surface area contributed by atoms with E-state index in [1.54, 1.807) is 13.4 Å². The van der Waals surface area contributed by atoms with E-state index in [-0.39, 0.29) is 0 Å². The first-order valence-corrected chi connectivity index (χ1v) is 6.56. The predicted molar refractivity (Wildman–Crippen MR) is 77.4 cm³/mol. The molecular weight excluding hydrogens is 238 g/mol. The fourth-order valence-electron chi connectivity index (χ4n) is 2.05. The summed E-state index contributed by atoms with van der Waals surface area (Å²) in [5, 5.41) is 0. The van der Waals surface area contributed by atoms with Gasteiger partial charge in [-0.2, -0.15) is 0 Å². The van der Waals surface area contributed by atoms with E-state index < -0.39 is 0 Å². The van der Waals surface area contributed by atoms with Crippen LogP contribution in [0.2, 0.25) is 0 Å². The van der Waals surface area contributed by atoms with Gasteiger partial charge in [0.05, 0.1) is 19.1 Å². The first kappa shape index (κ1) is 13.6. The van der Waals surface area contributed by atoms with Gasteiger partial charge in [-0.1, -0.05) is 19.9 Å². The van der Waals surface area contributed by atoms with E-state index >= 15 is 0 Å². The number of ether oxygens (including phenoxy) is 1. The first-order chi connectivity index (χ1) is 9.15. The lowest BCUT2D eigenvalue weighted by Crippen LogP contribution is -2.07. The van der Waals surface area contributed by atoms with E-state index in [2.05, 4.69) is 37.0 Å². The highest BCUT2D eigenvalue weighted by Gasteiger charge is 2.11. The minimum atomic E-state index is 0.484. The maximum Gasteiger partial charge on any atom is 0.128 e. The average Bonchev–Trinajstić information content (AvgIpc) is 2.86. The molecule has 0 spiro atoms. The topological polar surface area (TPSA) is 53.1 Å². The van der Waals surface area contributed by atoms with Crippen molar-refractivity contribution in [3.05, 3.63) is 36.3 Å². The van der Waals surface area contributed by atoms with Gasteiger partial charge in [0.25, 0.3) is 0 Å². The van der Waals surface area contributed by atoms with E-state index in [1.807, 2.05) is 10.8 Å². The van der Waals surface area contributed by atoms with Crippen molar-refractivity contribution in [3.63, 3.8) is 0 Å². The zero-order valence-electron chi connectivity index (χ0n) is 11.8. The van der Waals surface area contributed by atoms with E-state index in [9.17, 15) is 0 Å². The summed E-state index contributed by atoms with van der Waals surface area (Å²) in [7, 11) is 1.69. The van der Waals surface area contributed by atoms with Gasteiger partial charge in [0.1, 0.15) is 5.75 Å². The summed E-state index contributed by atoms with van der Waals surface area (Å²) >= 11 is 0. The summed E-state index contributed by atoms with van der Waals surface area (Å²) in [6.07, 6.45) is 3.80. The molecule has 0 fully saturated rings. The second kappa shape index (κ2) is 5.89. The Balaban J connectivity index is 2.37. The molecule has 0 aliphatic carbocycles. The van der Waals surface area contributed by atoms with Gasteiger partial charge in [-0.25, -0.2) is 4.98 Å². The summed E-state index contributed by atoms with van der Waals surface area (Å²) in [5.74, 6) is 1.35. The number of methoxy groups -OCH3 is 1. The van der Waals surface area contributed by atoms with Crippen LogP contribution in [0.15, 0.2) is 30.7 Å². The third-order valence-electron chi connectivity index (χ3n) is 3.19. The summed E-state index contributed by atoms with van der Waals surface area (Å²) in [4.78, 5) is 4.42. The van der Waals surface area contributed by atoms with Crippen LogP contribution in [-0.4, -0.2) is 23.2 Å². The molecule has 1 aromatic heterocycles. The molecule has 19 heavy (non-hydrogen) atoms. The molecule has 0 saturated heterocycles. The number of nitrogens with zero attached hydrogens (tertiary/aromatic N) is 2. The smallest absolute Gasteiger partial charge is 0.128 e. The van der Waals surface area contributed by atoms with Crippen LogP contribution in [0.3, 0.4) is 0 Å². The Morgan fingerprint density at radius 2 is 2.16 bits per heavy atom. The maximum absolute atomic E-state index is 5.54. The fraction of sp³-hybridized carbons (Fsp3) is 0.400. The number of benzene rings is 1. The van der Waals surface area contributed by atoms with Crippen LogP contribution >= 0.6 is 0 Å². The Morgan fingerprint density at radius 1 is 1.37 bits per heavy atom. The second-order valence-corrected chi connectivity index (χ2v) is 4.90. The first-order valence-electron chi connectivity index (χ1n) is 6.56. The summed E-state index contributed by atoms with van der Waals surface area (Å²) < 4.78 is 7.48. The molecule has 1 aromatic carbocycles. The average molecular weight is 259 g/mol. The lowest BCUT2D eigenvalue weighted by atomic mass is 10.00. The molecule has 102 valence electrons. The fourth-order valence-corrected chi connectivity index (χ4v) is 2.05. The number of aromatic nitrogens is 2. The van der Waals surface area contributed by atoms with Crippen LogP contribution < -0.4 is 10.5 Å². The molecule has 1 heterocycles. The number of hydrogen-bond donors (Lipinski definition) is 1. The Bertz CT molecular complexity index is 546. The van der Waals surface area contributed by atoms with Crippen molar-refractivity contribution < 1.29 is 4.74 Å². The summed E-state index contributed by atoms with van der Waals surface area (Å²) in [6, 6.07) is 6.29. The Hall–Kier alpha value is -1.81. The van der Waals surface area contributed by atoms with Crippen molar-refractivity contribution in [3.8, 4) is 17.0 Å². The van der Waals surface area contributed by atoms with Crippen LogP contribution in [0.4, 0.5) is 0 Å². The molecule has 4 heteroatoms. The summed E-state index contributed by atoms with van der Waals surface area (Å²) in [5.41, 5.74) is 8.74. The SMILES string of the molecule is COc1cc(C(C)C)ccc1-c1cn(CCN)cn1. The van der Waals surface area contributed by atoms with Crippen LogP contribution in [0.25, 0.3) is 11.3 Å². The van der Waals surface area contributed by atoms with Gasteiger partial charge in [-0.15, -0.1) is 0 Å². The third kappa shape index (κ3) is 2.96. The molecule has 0 amide bonds. The van der Waals surface area contributed by atoms with Crippen LogP contribution in [0, 0.1) is 0 Å². The lowest BCUT2D eigenvalue weighted by molar-refractivity contribution is 0.415. The van der Waals surface area contributed by atoms with Crippen molar-refractivity contribution in [1.82, 2.24) is 9.55 Å². The van der Waals surface area contributed by atoms with Crippen molar-refractivity contribution >= 4 is 0 Å². The van der Waals surface area contributed by atoms with Crippen molar-refractivity contribution in [2.24, 2.45) is 5.73 Å². The Labute approximate surface area is 114 Å². The van der Waals surface area contributed by atoms with Gasteiger partial charge in [0.15, 0.2) is 0 Å². The molecule has 0 radical (unpaired) electrons. The lowest BCUT2D eigenvalue weighted by Gasteiger charge is -2.11. The van der Waals surface area contributed by atoms with Gasteiger partial charge >= 0.3 is 0 Å². The van der Waals surface area contributed by atoms with E-state index in [0.717, 1.165) is 23.6 Å². The molecule has 4 nitrogen and oxygen atoms in total. The van der Waals surface area contributed by atoms with Crippen molar-refractivity contribution in [2.45, 2.75) is 26.3 Å². The van der Waals surface area contributed by atoms with Crippen LogP contribution in [-0.2, 0) is 6.54 Å². The summed E-state index contributed by atoms with van der Waals surface area (Å²) in [6.45, 7) is 5.73. The van der Waals surface area contributed by atoms with Gasteiger partial charge in [-0.05, 0) is 23.6 Å². The second-order valence-electron chi connectivity index (χ2n) is 4.90.